The lowest BCUT2D eigenvalue weighted by Gasteiger charge is -1.87. The lowest BCUT2D eigenvalue weighted by molar-refractivity contribution is 0.244. The standard InChI is InChI=1S/C10H16O/c1-3-4-5-6-7-8-9-10(2)11/h8-11H,3-5H2,1-2H3/b9-8+. The topological polar surface area (TPSA) is 20.2 Å². The van der Waals surface area contributed by atoms with Crippen LogP contribution in [0.5, 0.6) is 0 Å². The third kappa shape index (κ3) is 9.26. The van der Waals surface area contributed by atoms with Crippen LogP contribution in [-0.4, -0.2) is 11.2 Å². The Bertz CT molecular complexity index is 157. The summed E-state index contributed by atoms with van der Waals surface area (Å²) in [5, 5.41) is 8.80. The van der Waals surface area contributed by atoms with Crippen molar-refractivity contribution in [3.05, 3.63) is 12.2 Å². The fourth-order valence-corrected chi connectivity index (χ4v) is 0.584. The Kier molecular flexibility index (Phi) is 6.87. The van der Waals surface area contributed by atoms with Crippen LogP contribution in [-0.2, 0) is 0 Å². The molecule has 1 unspecified atom stereocenters. The molecule has 1 nitrogen and oxygen atoms in total. The van der Waals surface area contributed by atoms with Crippen LogP contribution in [0.1, 0.15) is 33.1 Å². The average Bonchev–Trinajstić information content (AvgIpc) is 1.96. The summed E-state index contributed by atoms with van der Waals surface area (Å²) >= 11 is 0. The van der Waals surface area contributed by atoms with E-state index in [4.69, 9.17) is 5.11 Å². The van der Waals surface area contributed by atoms with E-state index in [1.54, 1.807) is 19.1 Å². The molecule has 1 atom stereocenters. The lowest BCUT2D eigenvalue weighted by Crippen LogP contribution is -1.90. The Morgan fingerprint density at radius 2 is 2.27 bits per heavy atom. The second-order valence-corrected chi connectivity index (χ2v) is 2.52. The minimum absolute atomic E-state index is 0.379. The number of unbranched alkanes of at least 4 members (excludes halogenated alkanes) is 2. The lowest BCUT2D eigenvalue weighted by atomic mass is 10.2. The van der Waals surface area contributed by atoms with Crippen LogP contribution in [0.4, 0.5) is 0 Å². The third-order valence-corrected chi connectivity index (χ3v) is 1.22. The highest BCUT2D eigenvalue weighted by Gasteiger charge is 1.80. The molecule has 11 heavy (non-hydrogen) atoms. The number of hydrogen-bond donors (Lipinski definition) is 1. The van der Waals surface area contributed by atoms with E-state index in [0.29, 0.717) is 0 Å². The quantitative estimate of drug-likeness (QED) is 0.485. The molecule has 0 radical (unpaired) electrons. The number of hydrogen-bond acceptors (Lipinski definition) is 1. The minimum atomic E-state index is -0.379. The first-order valence-corrected chi connectivity index (χ1v) is 4.10. The fraction of sp³-hybridized carbons (Fsp3) is 0.600. The summed E-state index contributed by atoms with van der Waals surface area (Å²) in [6.07, 6.45) is 6.32. The predicted octanol–water partition coefficient (Wildman–Crippen LogP) is 2.12. The Morgan fingerprint density at radius 1 is 1.55 bits per heavy atom. The highest BCUT2D eigenvalue weighted by atomic mass is 16.3. The van der Waals surface area contributed by atoms with Gasteiger partial charge in [-0.3, -0.25) is 0 Å². The predicted molar refractivity (Wildman–Crippen MR) is 48.1 cm³/mol. The van der Waals surface area contributed by atoms with Crippen LogP contribution < -0.4 is 0 Å². The molecule has 0 saturated carbocycles. The second kappa shape index (κ2) is 7.37. The van der Waals surface area contributed by atoms with Crippen LogP contribution >= 0.6 is 0 Å². The van der Waals surface area contributed by atoms with E-state index >= 15 is 0 Å². The number of aliphatic hydroxyl groups is 1. The summed E-state index contributed by atoms with van der Waals surface area (Å²) in [6, 6.07) is 0. The van der Waals surface area contributed by atoms with Crippen molar-refractivity contribution >= 4 is 0 Å². The maximum Gasteiger partial charge on any atom is 0.0701 e. The highest BCUT2D eigenvalue weighted by Crippen LogP contribution is 1.90. The number of aliphatic hydroxyl groups excluding tert-OH is 1. The molecular formula is C10H16O. The zero-order valence-corrected chi connectivity index (χ0v) is 7.30. The Labute approximate surface area is 69.1 Å². The summed E-state index contributed by atoms with van der Waals surface area (Å²) < 4.78 is 0. The monoisotopic (exact) mass is 152 g/mol. The molecule has 1 heteroatoms. The van der Waals surface area contributed by atoms with Crippen molar-refractivity contribution in [1.29, 1.82) is 0 Å². The first-order chi connectivity index (χ1) is 5.27. The molecule has 0 aliphatic carbocycles. The van der Waals surface area contributed by atoms with Crippen LogP contribution in [0, 0.1) is 11.8 Å². The van der Waals surface area contributed by atoms with Crippen LogP contribution in [0.2, 0.25) is 0 Å². The first kappa shape index (κ1) is 10.3. The summed E-state index contributed by atoms with van der Waals surface area (Å²) in [4.78, 5) is 0. The van der Waals surface area contributed by atoms with Crippen molar-refractivity contribution in [3.63, 3.8) is 0 Å². The van der Waals surface area contributed by atoms with Gasteiger partial charge < -0.3 is 5.11 Å². The number of allylic oxidation sites excluding steroid dienone is 1. The third-order valence-electron chi connectivity index (χ3n) is 1.22. The van der Waals surface area contributed by atoms with Crippen molar-refractivity contribution in [2.24, 2.45) is 0 Å². The van der Waals surface area contributed by atoms with Gasteiger partial charge >= 0.3 is 0 Å². The van der Waals surface area contributed by atoms with Crippen molar-refractivity contribution in [3.8, 4) is 11.8 Å². The van der Waals surface area contributed by atoms with E-state index in [2.05, 4.69) is 18.8 Å². The summed E-state index contributed by atoms with van der Waals surface area (Å²) in [6.45, 7) is 3.86. The zero-order chi connectivity index (χ0) is 8.53. The normalized spacial score (nSPS) is 12.6. The SMILES string of the molecule is CCCCC#C/C=C/C(C)O. The Balaban J connectivity index is 3.39. The summed E-state index contributed by atoms with van der Waals surface area (Å²) in [7, 11) is 0. The van der Waals surface area contributed by atoms with Gasteiger partial charge in [-0.15, -0.1) is 0 Å². The zero-order valence-electron chi connectivity index (χ0n) is 7.30. The Morgan fingerprint density at radius 3 is 2.82 bits per heavy atom. The van der Waals surface area contributed by atoms with Gasteiger partial charge in [0.2, 0.25) is 0 Å². The molecular weight excluding hydrogens is 136 g/mol. The van der Waals surface area contributed by atoms with Gasteiger partial charge in [0.15, 0.2) is 0 Å². The van der Waals surface area contributed by atoms with Crippen molar-refractivity contribution < 1.29 is 5.11 Å². The van der Waals surface area contributed by atoms with E-state index in [1.807, 2.05) is 0 Å². The van der Waals surface area contributed by atoms with Gasteiger partial charge in [0.1, 0.15) is 0 Å². The van der Waals surface area contributed by atoms with Crippen LogP contribution in [0.15, 0.2) is 12.2 Å². The molecule has 1 N–H and O–H groups in total. The maximum atomic E-state index is 8.80. The van der Waals surface area contributed by atoms with E-state index < -0.39 is 0 Å². The fourth-order valence-electron chi connectivity index (χ4n) is 0.584. The molecule has 62 valence electrons. The molecule has 0 rings (SSSR count). The molecule has 0 fully saturated rings. The largest absolute Gasteiger partial charge is 0.389 e. The molecule has 0 saturated heterocycles. The molecule has 0 bridgehead atoms. The molecule has 0 aromatic heterocycles. The van der Waals surface area contributed by atoms with Gasteiger partial charge in [-0.05, 0) is 25.5 Å². The van der Waals surface area contributed by atoms with Gasteiger partial charge in [-0.2, -0.15) is 0 Å². The van der Waals surface area contributed by atoms with E-state index in [-0.39, 0.29) is 6.10 Å². The van der Waals surface area contributed by atoms with Crippen molar-refractivity contribution in [1.82, 2.24) is 0 Å². The van der Waals surface area contributed by atoms with Crippen LogP contribution in [0.3, 0.4) is 0 Å². The molecule has 0 aliphatic heterocycles. The smallest absolute Gasteiger partial charge is 0.0701 e. The second-order valence-electron chi connectivity index (χ2n) is 2.52. The summed E-state index contributed by atoms with van der Waals surface area (Å²) in [5.74, 6) is 5.85. The first-order valence-electron chi connectivity index (χ1n) is 4.10. The molecule has 0 aromatic rings. The van der Waals surface area contributed by atoms with Gasteiger partial charge in [0.05, 0.1) is 6.10 Å². The van der Waals surface area contributed by atoms with Crippen molar-refractivity contribution in [2.75, 3.05) is 0 Å². The van der Waals surface area contributed by atoms with E-state index in [1.165, 1.54) is 6.42 Å². The number of rotatable bonds is 3. The average molecular weight is 152 g/mol. The molecule has 0 spiro atoms. The van der Waals surface area contributed by atoms with Gasteiger partial charge in [-0.25, -0.2) is 0 Å². The molecule has 0 amide bonds. The van der Waals surface area contributed by atoms with E-state index in [9.17, 15) is 0 Å². The molecule has 0 aromatic carbocycles. The Hall–Kier alpha value is -0.740. The summed E-state index contributed by atoms with van der Waals surface area (Å²) in [5.41, 5.74) is 0. The minimum Gasteiger partial charge on any atom is -0.389 e. The van der Waals surface area contributed by atoms with Crippen LogP contribution in [0.25, 0.3) is 0 Å². The molecule has 0 aliphatic rings. The van der Waals surface area contributed by atoms with Gasteiger partial charge in [0, 0.05) is 6.42 Å². The molecule has 0 heterocycles. The van der Waals surface area contributed by atoms with E-state index in [0.717, 1.165) is 12.8 Å². The highest BCUT2D eigenvalue weighted by molar-refractivity contribution is 5.15. The van der Waals surface area contributed by atoms with Gasteiger partial charge in [-0.1, -0.05) is 25.2 Å². The van der Waals surface area contributed by atoms with Crippen molar-refractivity contribution in [2.45, 2.75) is 39.2 Å². The maximum absolute atomic E-state index is 8.80. The van der Waals surface area contributed by atoms with Gasteiger partial charge in [0.25, 0.3) is 0 Å².